The van der Waals surface area contributed by atoms with Gasteiger partial charge in [-0.05, 0) is 62.7 Å². The number of hydrogen-bond donors (Lipinski definition) is 2. The fourth-order valence-electron chi connectivity index (χ4n) is 3.05. The number of hydrazine groups is 1. The third kappa shape index (κ3) is 4.78. The van der Waals surface area contributed by atoms with Gasteiger partial charge in [0.25, 0.3) is 11.8 Å². The number of amides is 2. The summed E-state index contributed by atoms with van der Waals surface area (Å²) in [7, 11) is 0. The van der Waals surface area contributed by atoms with Crippen LogP contribution in [0.1, 0.15) is 27.3 Å². The van der Waals surface area contributed by atoms with Crippen molar-refractivity contribution in [1.29, 1.82) is 0 Å². The summed E-state index contributed by atoms with van der Waals surface area (Å²) in [5.74, 6) is -0.335. The molecule has 29 heavy (non-hydrogen) atoms. The van der Waals surface area contributed by atoms with Crippen molar-refractivity contribution in [3.8, 4) is 11.4 Å². The summed E-state index contributed by atoms with van der Waals surface area (Å²) in [4.78, 5) is 24.5. The van der Waals surface area contributed by atoms with Crippen LogP contribution < -0.4 is 15.6 Å². The van der Waals surface area contributed by atoms with Crippen molar-refractivity contribution < 1.29 is 14.3 Å². The molecule has 0 aliphatic carbocycles. The Kier molecular flexibility index (Phi) is 6.24. The molecule has 0 aliphatic rings. The standard InChI is InChI=1S/C22H22ClN3O3/c1-14-11-18(9-10-20(14)23)29-13-21(27)24-25-22(28)19-12-15(2)26(16(19)3)17-7-5-4-6-8-17/h4-12H,13H2,1-3H3,(H,24,27)(H,25,28). The third-order valence-electron chi connectivity index (χ3n) is 4.50. The van der Waals surface area contributed by atoms with E-state index in [0.29, 0.717) is 16.3 Å². The van der Waals surface area contributed by atoms with Gasteiger partial charge in [-0.3, -0.25) is 20.4 Å². The molecule has 0 unspecified atom stereocenters. The molecule has 0 spiro atoms. The second kappa shape index (κ2) is 8.84. The van der Waals surface area contributed by atoms with E-state index in [1.165, 1.54) is 0 Å². The predicted molar refractivity (Wildman–Crippen MR) is 113 cm³/mol. The Labute approximate surface area is 174 Å². The van der Waals surface area contributed by atoms with Crippen molar-refractivity contribution in [2.24, 2.45) is 0 Å². The monoisotopic (exact) mass is 411 g/mol. The third-order valence-corrected chi connectivity index (χ3v) is 4.93. The van der Waals surface area contributed by atoms with E-state index >= 15 is 0 Å². The van der Waals surface area contributed by atoms with Crippen LogP contribution in [0, 0.1) is 20.8 Å². The number of nitrogens with one attached hydrogen (secondary N) is 2. The zero-order chi connectivity index (χ0) is 21.0. The van der Waals surface area contributed by atoms with Gasteiger partial charge in [0.1, 0.15) is 5.75 Å². The van der Waals surface area contributed by atoms with E-state index in [0.717, 1.165) is 22.6 Å². The Morgan fingerprint density at radius 2 is 1.72 bits per heavy atom. The highest BCUT2D eigenvalue weighted by Gasteiger charge is 2.17. The average molecular weight is 412 g/mol. The first kappa shape index (κ1) is 20.5. The van der Waals surface area contributed by atoms with Crippen molar-refractivity contribution in [1.82, 2.24) is 15.4 Å². The second-order valence-electron chi connectivity index (χ2n) is 6.66. The molecular weight excluding hydrogens is 390 g/mol. The molecule has 3 rings (SSSR count). The fraction of sp³-hybridized carbons (Fsp3) is 0.182. The normalized spacial score (nSPS) is 10.5. The number of carbonyl (C=O) groups is 2. The first-order valence-electron chi connectivity index (χ1n) is 9.09. The summed E-state index contributed by atoms with van der Waals surface area (Å²) in [5, 5.41) is 0.627. The molecule has 1 heterocycles. The molecule has 2 N–H and O–H groups in total. The number of aryl methyl sites for hydroxylation is 2. The molecule has 0 aliphatic heterocycles. The zero-order valence-electron chi connectivity index (χ0n) is 16.5. The van der Waals surface area contributed by atoms with Gasteiger partial charge in [-0.15, -0.1) is 0 Å². The summed E-state index contributed by atoms with van der Waals surface area (Å²) >= 11 is 5.97. The van der Waals surface area contributed by atoms with Crippen molar-refractivity contribution in [2.45, 2.75) is 20.8 Å². The van der Waals surface area contributed by atoms with E-state index in [-0.39, 0.29) is 6.61 Å². The maximum Gasteiger partial charge on any atom is 0.276 e. The molecular formula is C22H22ClN3O3. The van der Waals surface area contributed by atoms with Gasteiger partial charge >= 0.3 is 0 Å². The predicted octanol–water partition coefficient (Wildman–Crippen LogP) is 3.90. The number of aromatic nitrogens is 1. The Morgan fingerprint density at radius 1 is 1.00 bits per heavy atom. The SMILES string of the molecule is Cc1cc(OCC(=O)NNC(=O)c2cc(C)n(-c3ccccc3)c2C)ccc1Cl. The van der Waals surface area contributed by atoms with Gasteiger partial charge in [0.15, 0.2) is 6.61 Å². The van der Waals surface area contributed by atoms with Gasteiger partial charge in [-0.2, -0.15) is 0 Å². The van der Waals surface area contributed by atoms with Crippen molar-refractivity contribution in [3.63, 3.8) is 0 Å². The largest absolute Gasteiger partial charge is 0.484 e. The summed E-state index contributed by atoms with van der Waals surface area (Å²) in [6, 6.07) is 16.7. The number of benzene rings is 2. The highest BCUT2D eigenvalue weighted by molar-refractivity contribution is 6.31. The zero-order valence-corrected chi connectivity index (χ0v) is 17.2. The minimum atomic E-state index is -0.470. The van der Waals surface area contributed by atoms with Crippen molar-refractivity contribution in [2.75, 3.05) is 6.61 Å². The van der Waals surface area contributed by atoms with E-state index in [2.05, 4.69) is 10.9 Å². The van der Waals surface area contributed by atoms with Gasteiger partial charge in [-0.25, -0.2) is 0 Å². The lowest BCUT2D eigenvalue weighted by Gasteiger charge is -2.11. The number of carbonyl (C=O) groups excluding carboxylic acids is 2. The van der Waals surface area contributed by atoms with Gasteiger partial charge in [0.2, 0.25) is 0 Å². The van der Waals surface area contributed by atoms with Crippen LogP contribution in [0.15, 0.2) is 54.6 Å². The molecule has 0 fully saturated rings. The van der Waals surface area contributed by atoms with E-state index in [1.54, 1.807) is 24.3 Å². The average Bonchev–Trinajstić information content (AvgIpc) is 3.01. The van der Waals surface area contributed by atoms with Crippen molar-refractivity contribution in [3.05, 3.63) is 82.1 Å². The van der Waals surface area contributed by atoms with Gasteiger partial charge in [0, 0.05) is 22.1 Å². The molecule has 2 amide bonds. The molecule has 7 heteroatoms. The highest BCUT2D eigenvalue weighted by atomic mass is 35.5. The first-order valence-corrected chi connectivity index (χ1v) is 9.47. The molecule has 0 saturated heterocycles. The molecule has 0 atom stereocenters. The lowest BCUT2D eigenvalue weighted by molar-refractivity contribution is -0.123. The van der Waals surface area contributed by atoms with Crippen LogP contribution in [0.4, 0.5) is 0 Å². The molecule has 150 valence electrons. The second-order valence-corrected chi connectivity index (χ2v) is 7.06. The van der Waals surface area contributed by atoms with Crippen molar-refractivity contribution >= 4 is 23.4 Å². The van der Waals surface area contributed by atoms with Crippen LogP contribution in [-0.4, -0.2) is 23.0 Å². The maximum absolute atomic E-state index is 12.5. The van der Waals surface area contributed by atoms with Gasteiger partial charge in [0.05, 0.1) is 5.56 Å². The highest BCUT2D eigenvalue weighted by Crippen LogP contribution is 2.21. The van der Waals surface area contributed by atoms with Crippen LogP contribution >= 0.6 is 11.6 Å². The molecule has 1 aromatic heterocycles. The number of rotatable bonds is 5. The smallest absolute Gasteiger partial charge is 0.276 e. The minimum Gasteiger partial charge on any atom is -0.484 e. The van der Waals surface area contributed by atoms with Crippen LogP contribution in [-0.2, 0) is 4.79 Å². The number of hydrogen-bond acceptors (Lipinski definition) is 3. The van der Waals surface area contributed by atoms with E-state index in [4.69, 9.17) is 16.3 Å². The molecule has 6 nitrogen and oxygen atoms in total. The maximum atomic E-state index is 12.5. The Hall–Kier alpha value is -3.25. The van der Waals surface area contributed by atoms with E-state index in [9.17, 15) is 9.59 Å². The lowest BCUT2D eigenvalue weighted by Crippen LogP contribution is -2.44. The summed E-state index contributed by atoms with van der Waals surface area (Å²) < 4.78 is 7.41. The van der Waals surface area contributed by atoms with Crippen LogP contribution in [0.2, 0.25) is 5.02 Å². The number of para-hydroxylation sites is 1. The first-order chi connectivity index (χ1) is 13.9. The molecule has 0 bridgehead atoms. The fourth-order valence-corrected chi connectivity index (χ4v) is 3.17. The Bertz CT molecular complexity index is 1040. The van der Waals surface area contributed by atoms with Gasteiger partial charge in [-0.1, -0.05) is 29.8 Å². The molecule has 0 saturated carbocycles. The molecule has 3 aromatic rings. The molecule has 0 radical (unpaired) electrons. The molecule has 2 aromatic carbocycles. The summed E-state index contributed by atoms with van der Waals surface area (Å²) in [6.07, 6.45) is 0. The number of halogens is 1. The lowest BCUT2D eigenvalue weighted by atomic mass is 10.2. The number of ether oxygens (including phenoxy) is 1. The summed E-state index contributed by atoms with van der Waals surface area (Å²) in [5.41, 5.74) is 8.83. The Morgan fingerprint density at radius 3 is 2.41 bits per heavy atom. The van der Waals surface area contributed by atoms with Crippen LogP contribution in [0.25, 0.3) is 5.69 Å². The summed E-state index contributed by atoms with van der Waals surface area (Å²) in [6.45, 7) is 5.41. The van der Waals surface area contributed by atoms with Gasteiger partial charge < -0.3 is 9.30 Å². The van der Waals surface area contributed by atoms with Crippen LogP contribution in [0.5, 0.6) is 5.75 Å². The van der Waals surface area contributed by atoms with E-state index < -0.39 is 11.8 Å². The topological polar surface area (TPSA) is 72.4 Å². The number of nitrogens with zero attached hydrogens (tertiary/aromatic N) is 1. The van der Waals surface area contributed by atoms with E-state index in [1.807, 2.05) is 55.7 Å². The Balaban J connectivity index is 1.59. The quantitative estimate of drug-likeness (QED) is 0.625. The minimum absolute atomic E-state index is 0.232. The van der Waals surface area contributed by atoms with Crippen LogP contribution in [0.3, 0.4) is 0 Å².